The van der Waals surface area contributed by atoms with Crippen molar-refractivity contribution < 1.29 is 4.79 Å². The molecule has 0 aromatic heterocycles. The van der Waals surface area contributed by atoms with Crippen molar-refractivity contribution in [2.45, 2.75) is 71.5 Å². The Bertz CT molecular complexity index is 306. The molecule has 1 N–H and O–H groups in total. The standard InChI is InChI=1S/C15H28N2O/c1-11(2)9-13-16-15(7-5-6-8-15)14(18)17(13)10-12(3)4/h11-13,16H,5-10H2,1-4H3. The summed E-state index contributed by atoms with van der Waals surface area (Å²) in [5.74, 6) is 1.54. The summed E-state index contributed by atoms with van der Waals surface area (Å²) < 4.78 is 0. The van der Waals surface area contributed by atoms with Gasteiger partial charge in [0.25, 0.3) is 0 Å². The maximum atomic E-state index is 12.7. The van der Waals surface area contributed by atoms with Crippen LogP contribution in [0, 0.1) is 11.8 Å². The van der Waals surface area contributed by atoms with Crippen molar-refractivity contribution in [2.24, 2.45) is 11.8 Å². The predicted octanol–water partition coefficient (Wildman–Crippen LogP) is 2.76. The van der Waals surface area contributed by atoms with Crippen molar-refractivity contribution >= 4 is 5.91 Å². The number of carbonyl (C=O) groups is 1. The zero-order valence-electron chi connectivity index (χ0n) is 12.3. The molecule has 1 amide bonds. The molecule has 0 radical (unpaired) electrons. The van der Waals surface area contributed by atoms with Crippen LogP contribution < -0.4 is 5.32 Å². The van der Waals surface area contributed by atoms with Crippen LogP contribution in [0.1, 0.15) is 59.8 Å². The van der Waals surface area contributed by atoms with Gasteiger partial charge in [-0.05, 0) is 31.1 Å². The quantitative estimate of drug-likeness (QED) is 0.834. The van der Waals surface area contributed by atoms with Gasteiger partial charge in [-0.3, -0.25) is 10.1 Å². The highest BCUT2D eigenvalue weighted by atomic mass is 16.2. The molecular weight excluding hydrogens is 224 g/mol. The van der Waals surface area contributed by atoms with Crippen molar-refractivity contribution in [3.8, 4) is 0 Å². The number of nitrogens with zero attached hydrogens (tertiary/aromatic N) is 1. The molecule has 1 unspecified atom stereocenters. The molecule has 0 bridgehead atoms. The van der Waals surface area contributed by atoms with Crippen molar-refractivity contribution in [3.05, 3.63) is 0 Å². The van der Waals surface area contributed by atoms with Gasteiger partial charge in [-0.25, -0.2) is 0 Å². The number of carbonyl (C=O) groups excluding carboxylic acids is 1. The Hall–Kier alpha value is -0.570. The minimum Gasteiger partial charge on any atom is -0.325 e. The van der Waals surface area contributed by atoms with E-state index in [1.165, 1.54) is 12.8 Å². The Morgan fingerprint density at radius 1 is 1.22 bits per heavy atom. The molecule has 0 aromatic rings. The second kappa shape index (κ2) is 5.20. The van der Waals surface area contributed by atoms with Crippen LogP contribution in [0.15, 0.2) is 0 Å². The second-order valence-corrected chi connectivity index (χ2v) is 6.93. The molecule has 0 aromatic carbocycles. The van der Waals surface area contributed by atoms with Gasteiger partial charge in [0, 0.05) is 6.54 Å². The van der Waals surface area contributed by atoms with E-state index in [0.717, 1.165) is 25.8 Å². The van der Waals surface area contributed by atoms with Crippen LogP contribution in [0.2, 0.25) is 0 Å². The fourth-order valence-corrected chi connectivity index (χ4v) is 3.45. The lowest BCUT2D eigenvalue weighted by atomic mass is 9.98. The lowest BCUT2D eigenvalue weighted by Gasteiger charge is -2.27. The zero-order valence-corrected chi connectivity index (χ0v) is 12.3. The first-order valence-corrected chi connectivity index (χ1v) is 7.53. The van der Waals surface area contributed by atoms with Gasteiger partial charge < -0.3 is 4.90 Å². The van der Waals surface area contributed by atoms with Crippen LogP contribution in [-0.2, 0) is 4.79 Å². The third-order valence-corrected chi connectivity index (χ3v) is 4.20. The fraction of sp³-hybridized carbons (Fsp3) is 0.933. The second-order valence-electron chi connectivity index (χ2n) is 6.93. The molecule has 3 nitrogen and oxygen atoms in total. The summed E-state index contributed by atoms with van der Waals surface area (Å²) in [6, 6.07) is 0. The van der Waals surface area contributed by atoms with Crippen LogP contribution in [0.5, 0.6) is 0 Å². The minimum absolute atomic E-state index is 0.200. The number of hydrogen-bond donors (Lipinski definition) is 1. The smallest absolute Gasteiger partial charge is 0.244 e. The monoisotopic (exact) mass is 252 g/mol. The molecule has 1 atom stereocenters. The zero-order chi connectivity index (χ0) is 13.3. The molecule has 1 saturated carbocycles. The Morgan fingerprint density at radius 3 is 2.33 bits per heavy atom. The molecule has 1 spiro atoms. The summed E-state index contributed by atoms with van der Waals surface area (Å²) in [6.07, 6.45) is 5.80. The Kier molecular flexibility index (Phi) is 4.00. The van der Waals surface area contributed by atoms with E-state index in [0.29, 0.717) is 17.7 Å². The highest BCUT2D eigenvalue weighted by Gasteiger charge is 2.51. The highest BCUT2D eigenvalue weighted by Crippen LogP contribution is 2.37. The molecule has 1 saturated heterocycles. The van der Waals surface area contributed by atoms with Gasteiger partial charge in [0.05, 0.1) is 11.7 Å². The van der Waals surface area contributed by atoms with Gasteiger partial charge in [-0.15, -0.1) is 0 Å². The van der Waals surface area contributed by atoms with E-state index >= 15 is 0 Å². The van der Waals surface area contributed by atoms with E-state index in [4.69, 9.17) is 0 Å². The van der Waals surface area contributed by atoms with Crippen molar-refractivity contribution in [1.29, 1.82) is 0 Å². The first-order valence-electron chi connectivity index (χ1n) is 7.53. The molecule has 18 heavy (non-hydrogen) atoms. The van der Waals surface area contributed by atoms with E-state index in [2.05, 4.69) is 37.9 Å². The maximum Gasteiger partial charge on any atom is 0.244 e. The largest absolute Gasteiger partial charge is 0.325 e. The van der Waals surface area contributed by atoms with Crippen molar-refractivity contribution in [3.63, 3.8) is 0 Å². The molecule has 104 valence electrons. The summed E-state index contributed by atoms with van der Waals surface area (Å²) in [4.78, 5) is 14.8. The van der Waals surface area contributed by atoms with Gasteiger partial charge in [-0.1, -0.05) is 40.5 Å². The lowest BCUT2D eigenvalue weighted by Crippen LogP contribution is -2.44. The molecule has 2 aliphatic rings. The van der Waals surface area contributed by atoms with Gasteiger partial charge in [0.1, 0.15) is 0 Å². The van der Waals surface area contributed by atoms with Gasteiger partial charge in [0.15, 0.2) is 0 Å². The number of hydrogen-bond acceptors (Lipinski definition) is 2. The topological polar surface area (TPSA) is 32.3 Å². The molecule has 1 aliphatic carbocycles. The summed E-state index contributed by atoms with van der Waals surface area (Å²) in [5.41, 5.74) is -0.200. The molecular formula is C15H28N2O. The molecule has 2 fully saturated rings. The van der Waals surface area contributed by atoms with E-state index in [1.807, 2.05) is 0 Å². The summed E-state index contributed by atoms with van der Waals surface area (Å²) >= 11 is 0. The van der Waals surface area contributed by atoms with Gasteiger partial charge in [0.2, 0.25) is 5.91 Å². The number of nitrogens with one attached hydrogen (secondary N) is 1. The lowest BCUT2D eigenvalue weighted by molar-refractivity contribution is -0.133. The van der Waals surface area contributed by atoms with Crippen LogP contribution in [0.25, 0.3) is 0 Å². The third-order valence-electron chi connectivity index (χ3n) is 4.20. The van der Waals surface area contributed by atoms with Crippen molar-refractivity contribution in [1.82, 2.24) is 10.2 Å². The Labute approximate surface area is 111 Å². The molecule has 1 aliphatic heterocycles. The summed E-state index contributed by atoms with van der Waals surface area (Å²) in [7, 11) is 0. The van der Waals surface area contributed by atoms with E-state index < -0.39 is 0 Å². The fourth-order valence-electron chi connectivity index (χ4n) is 3.45. The summed E-state index contributed by atoms with van der Waals surface area (Å²) in [6.45, 7) is 9.75. The average molecular weight is 252 g/mol. The normalized spacial score (nSPS) is 27.1. The number of rotatable bonds is 4. The van der Waals surface area contributed by atoms with Crippen molar-refractivity contribution in [2.75, 3.05) is 6.54 Å². The van der Waals surface area contributed by atoms with E-state index in [1.54, 1.807) is 0 Å². The molecule has 1 heterocycles. The maximum absolute atomic E-state index is 12.7. The predicted molar refractivity (Wildman–Crippen MR) is 74.1 cm³/mol. The Morgan fingerprint density at radius 2 is 1.83 bits per heavy atom. The molecule has 3 heteroatoms. The average Bonchev–Trinajstić information content (AvgIpc) is 2.80. The minimum atomic E-state index is -0.200. The van der Waals surface area contributed by atoms with Crippen LogP contribution in [0.4, 0.5) is 0 Å². The SMILES string of the molecule is CC(C)CC1NC2(CCCC2)C(=O)N1CC(C)C. The van der Waals surface area contributed by atoms with E-state index in [-0.39, 0.29) is 11.7 Å². The van der Waals surface area contributed by atoms with Crippen LogP contribution in [-0.4, -0.2) is 29.1 Å². The summed E-state index contributed by atoms with van der Waals surface area (Å²) in [5, 5.41) is 3.68. The first-order chi connectivity index (χ1) is 8.44. The first kappa shape index (κ1) is 13.9. The number of amides is 1. The van der Waals surface area contributed by atoms with Gasteiger partial charge >= 0.3 is 0 Å². The molecule has 2 rings (SSSR count). The highest BCUT2D eigenvalue weighted by molar-refractivity contribution is 5.89. The Balaban J connectivity index is 2.14. The third kappa shape index (κ3) is 2.56. The van der Waals surface area contributed by atoms with Crippen LogP contribution in [0.3, 0.4) is 0 Å². The van der Waals surface area contributed by atoms with Gasteiger partial charge in [-0.2, -0.15) is 0 Å². The van der Waals surface area contributed by atoms with Crippen LogP contribution >= 0.6 is 0 Å². The van der Waals surface area contributed by atoms with E-state index in [9.17, 15) is 4.79 Å².